The number of anilines is 3. The molecule has 48 heavy (non-hydrogen) atoms. The summed E-state index contributed by atoms with van der Waals surface area (Å²) < 4.78 is 113. The van der Waals surface area contributed by atoms with Crippen LogP contribution in [-0.2, 0) is 30.7 Å². The van der Waals surface area contributed by atoms with E-state index >= 15 is 0 Å². The Hall–Kier alpha value is -5.00. The van der Waals surface area contributed by atoms with Crippen LogP contribution in [0.15, 0.2) is 48.5 Å². The van der Waals surface area contributed by atoms with Gasteiger partial charge in [0.1, 0.15) is 11.1 Å². The lowest BCUT2D eigenvalue weighted by atomic mass is 9.93. The van der Waals surface area contributed by atoms with Gasteiger partial charge in [0.2, 0.25) is 17.7 Å². The number of carbonyl (C=O) groups is 2. The van der Waals surface area contributed by atoms with Gasteiger partial charge < -0.3 is 25.8 Å². The van der Waals surface area contributed by atoms with E-state index < -0.39 is 77.5 Å². The third-order valence-corrected chi connectivity index (χ3v) is 6.97. The number of fused-ring (bicyclic) bond motifs is 1. The highest BCUT2D eigenvalue weighted by molar-refractivity contribution is 6.07. The minimum absolute atomic E-state index is 0.0769. The first-order chi connectivity index (χ1) is 22.3. The maximum Gasteiger partial charge on any atom is 0.418 e. The Morgan fingerprint density at radius 3 is 2.21 bits per heavy atom. The second-order valence-corrected chi connectivity index (χ2v) is 11.1. The standard InChI is InChI=1S/C30H28F8N6O4/c1-28(2,14-45)26(47)39-12-15-4-9-19(30(36,37)38)20(10-15)41-27-42-21-11-18(25(48-13-22(31)32)43-23(21)44(27)3)24(46)40-17-7-5-16(6-8-17)29(33,34)35/h4-11,22,45H,12-14H2,1-3H3,(H,39,47)(H,40,46)(H,41,42). The van der Waals surface area contributed by atoms with Gasteiger partial charge in [0.05, 0.1) is 28.8 Å². The number of nitrogens with zero attached hydrogens (tertiary/aromatic N) is 3. The first kappa shape index (κ1) is 35.8. The summed E-state index contributed by atoms with van der Waals surface area (Å²) >= 11 is 0. The number of aromatic nitrogens is 3. The lowest BCUT2D eigenvalue weighted by Crippen LogP contribution is -2.38. The van der Waals surface area contributed by atoms with Gasteiger partial charge in [0.15, 0.2) is 12.3 Å². The number of aryl methyl sites for hydroxylation is 1. The number of hydrogen-bond acceptors (Lipinski definition) is 7. The Balaban J connectivity index is 1.69. The van der Waals surface area contributed by atoms with Crippen molar-refractivity contribution in [3.05, 3.63) is 70.8 Å². The summed E-state index contributed by atoms with van der Waals surface area (Å²) in [5, 5.41) is 16.8. The fourth-order valence-electron chi connectivity index (χ4n) is 4.23. The van der Waals surface area contributed by atoms with Crippen LogP contribution in [0.25, 0.3) is 11.2 Å². The quantitative estimate of drug-likeness (QED) is 0.137. The van der Waals surface area contributed by atoms with Crippen LogP contribution < -0.4 is 20.7 Å². The van der Waals surface area contributed by atoms with Crippen LogP contribution in [0.4, 0.5) is 52.4 Å². The predicted octanol–water partition coefficient (Wildman–Crippen LogP) is 6.28. The SMILES string of the molecule is Cn1c(Nc2cc(CNC(=O)C(C)(C)CO)ccc2C(F)(F)F)nc2cc(C(=O)Nc3ccc(C(F)(F)F)cc3)c(OCC(F)F)nc21. The number of nitrogens with one attached hydrogen (secondary N) is 3. The van der Waals surface area contributed by atoms with E-state index in [-0.39, 0.29) is 34.9 Å². The Morgan fingerprint density at radius 1 is 0.958 bits per heavy atom. The topological polar surface area (TPSA) is 130 Å². The molecule has 0 saturated heterocycles. The third-order valence-electron chi connectivity index (χ3n) is 6.97. The van der Waals surface area contributed by atoms with Crippen molar-refractivity contribution < 1.29 is 54.6 Å². The fraction of sp³-hybridized carbons (Fsp3) is 0.333. The zero-order chi connectivity index (χ0) is 35.6. The number of aliphatic hydroxyl groups is 1. The van der Waals surface area contributed by atoms with Crippen molar-refractivity contribution in [2.24, 2.45) is 12.5 Å². The number of benzene rings is 2. The normalized spacial score (nSPS) is 12.4. The van der Waals surface area contributed by atoms with Gasteiger partial charge in [0, 0.05) is 19.3 Å². The van der Waals surface area contributed by atoms with E-state index in [1.165, 1.54) is 25.5 Å². The van der Waals surface area contributed by atoms with Crippen molar-refractivity contribution >= 4 is 40.3 Å². The molecule has 0 unspecified atom stereocenters. The monoisotopic (exact) mass is 688 g/mol. The number of amides is 2. The Morgan fingerprint density at radius 2 is 1.62 bits per heavy atom. The molecule has 0 bridgehead atoms. The molecule has 4 aromatic rings. The highest BCUT2D eigenvalue weighted by Gasteiger charge is 2.35. The molecule has 0 atom stereocenters. The first-order valence-electron chi connectivity index (χ1n) is 13.9. The zero-order valence-electron chi connectivity index (χ0n) is 25.4. The van der Waals surface area contributed by atoms with Gasteiger partial charge in [-0.1, -0.05) is 6.07 Å². The van der Waals surface area contributed by atoms with E-state index in [4.69, 9.17) is 4.74 Å². The van der Waals surface area contributed by atoms with Crippen molar-refractivity contribution in [3.8, 4) is 5.88 Å². The molecule has 0 aliphatic carbocycles. The molecule has 4 N–H and O–H groups in total. The molecule has 258 valence electrons. The summed E-state index contributed by atoms with van der Waals surface area (Å²) in [6.07, 6.45) is -12.4. The zero-order valence-corrected chi connectivity index (χ0v) is 25.4. The molecule has 0 saturated carbocycles. The minimum atomic E-state index is -4.83. The number of aliphatic hydroxyl groups excluding tert-OH is 1. The summed E-state index contributed by atoms with van der Waals surface area (Å²) in [7, 11) is 1.35. The van der Waals surface area contributed by atoms with Gasteiger partial charge in [-0.05, 0) is 61.9 Å². The number of pyridine rings is 1. The molecule has 10 nitrogen and oxygen atoms in total. The molecular formula is C30H28F8N6O4. The summed E-state index contributed by atoms with van der Waals surface area (Å²) in [5.41, 5.74) is -4.10. The smallest absolute Gasteiger partial charge is 0.418 e. The highest BCUT2D eigenvalue weighted by Crippen LogP contribution is 2.37. The van der Waals surface area contributed by atoms with Gasteiger partial charge >= 0.3 is 12.4 Å². The summed E-state index contributed by atoms with van der Waals surface area (Å²) in [6, 6.07) is 7.54. The molecule has 0 fully saturated rings. The first-order valence-corrected chi connectivity index (χ1v) is 13.9. The molecule has 4 rings (SSSR count). The summed E-state index contributed by atoms with van der Waals surface area (Å²) in [5.74, 6) is -2.36. The van der Waals surface area contributed by atoms with Crippen molar-refractivity contribution in [1.29, 1.82) is 0 Å². The number of carbonyl (C=O) groups excluding carboxylic acids is 2. The number of halogens is 8. The van der Waals surface area contributed by atoms with Gasteiger partial charge in [-0.25, -0.2) is 13.8 Å². The van der Waals surface area contributed by atoms with Crippen molar-refractivity contribution in [2.45, 2.75) is 39.2 Å². The maximum atomic E-state index is 14.0. The van der Waals surface area contributed by atoms with Crippen molar-refractivity contribution in [1.82, 2.24) is 19.9 Å². The third kappa shape index (κ3) is 8.28. The number of imidazole rings is 1. The van der Waals surface area contributed by atoms with E-state index in [0.29, 0.717) is 0 Å². The molecule has 0 radical (unpaired) electrons. The minimum Gasteiger partial charge on any atom is -0.471 e. The van der Waals surface area contributed by atoms with Crippen molar-refractivity contribution in [3.63, 3.8) is 0 Å². The van der Waals surface area contributed by atoms with Crippen LogP contribution >= 0.6 is 0 Å². The molecule has 2 amide bonds. The number of alkyl halides is 8. The molecule has 0 spiro atoms. The maximum absolute atomic E-state index is 14.0. The lowest BCUT2D eigenvalue weighted by molar-refractivity contribution is -0.138. The average molecular weight is 689 g/mol. The second kappa shape index (κ2) is 13.6. The van der Waals surface area contributed by atoms with Crippen LogP contribution in [0.1, 0.15) is 40.9 Å². The van der Waals surface area contributed by atoms with Crippen LogP contribution in [0.5, 0.6) is 5.88 Å². The van der Waals surface area contributed by atoms with Crippen LogP contribution in [0.2, 0.25) is 0 Å². The molecule has 0 aliphatic rings. The predicted molar refractivity (Wildman–Crippen MR) is 157 cm³/mol. The largest absolute Gasteiger partial charge is 0.471 e. The van der Waals surface area contributed by atoms with E-state index in [2.05, 4.69) is 25.9 Å². The Labute approximate surface area is 267 Å². The molecule has 18 heteroatoms. The molecule has 2 aromatic heterocycles. The van der Waals surface area contributed by atoms with E-state index in [9.17, 15) is 49.8 Å². The van der Waals surface area contributed by atoms with Gasteiger partial charge in [-0.3, -0.25) is 14.2 Å². The van der Waals surface area contributed by atoms with Crippen molar-refractivity contribution in [2.75, 3.05) is 23.8 Å². The number of rotatable bonds is 11. The number of hydrogen-bond donors (Lipinski definition) is 4. The Bertz CT molecular complexity index is 1800. The van der Waals surface area contributed by atoms with Gasteiger partial charge in [0.25, 0.3) is 12.3 Å². The fourth-order valence-corrected chi connectivity index (χ4v) is 4.23. The highest BCUT2D eigenvalue weighted by atomic mass is 19.4. The second-order valence-electron chi connectivity index (χ2n) is 11.1. The van der Waals surface area contributed by atoms with E-state index in [0.717, 1.165) is 48.5 Å². The van der Waals surface area contributed by atoms with E-state index in [1.807, 2.05) is 0 Å². The van der Waals surface area contributed by atoms with Gasteiger partial charge in [-0.2, -0.15) is 31.3 Å². The van der Waals surface area contributed by atoms with Gasteiger partial charge in [-0.15, -0.1) is 0 Å². The van der Waals surface area contributed by atoms with Crippen LogP contribution in [0, 0.1) is 5.41 Å². The summed E-state index contributed by atoms with van der Waals surface area (Å²) in [4.78, 5) is 33.8. The van der Waals surface area contributed by atoms with E-state index in [1.54, 1.807) is 0 Å². The molecule has 0 aliphatic heterocycles. The van der Waals surface area contributed by atoms with Crippen LogP contribution in [-0.4, -0.2) is 51.1 Å². The summed E-state index contributed by atoms with van der Waals surface area (Å²) in [6.45, 7) is 1.13. The molecule has 2 aromatic carbocycles. The molecular weight excluding hydrogens is 660 g/mol. The molecule has 2 heterocycles. The lowest BCUT2D eigenvalue weighted by Gasteiger charge is -2.21. The average Bonchev–Trinajstić information content (AvgIpc) is 3.30. The number of ether oxygens (including phenoxy) is 1. The Kier molecular flexibility index (Phi) is 10.2. The van der Waals surface area contributed by atoms with Crippen LogP contribution in [0.3, 0.4) is 0 Å².